The van der Waals surface area contributed by atoms with Crippen LogP contribution in [0.15, 0.2) is 66.7 Å². The van der Waals surface area contributed by atoms with Crippen molar-refractivity contribution in [1.29, 1.82) is 0 Å². The van der Waals surface area contributed by atoms with Crippen LogP contribution < -0.4 is 15.0 Å². The molecule has 0 unspecified atom stereocenters. The minimum atomic E-state index is -2.09. The Bertz CT molecular complexity index is 1260. The number of phenols is 1. The van der Waals surface area contributed by atoms with Gasteiger partial charge in [-0.1, -0.05) is 42.5 Å². The van der Waals surface area contributed by atoms with Crippen molar-refractivity contribution in [1.82, 2.24) is 5.48 Å². The van der Waals surface area contributed by atoms with Crippen LogP contribution in [0.5, 0.6) is 17.2 Å². The zero-order valence-corrected chi connectivity index (χ0v) is 19.6. The molecule has 1 saturated carbocycles. The predicted octanol–water partition coefficient (Wildman–Crippen LogP) is 2.64. The highest BCUT2D eigenvalue weighted by Crippen LogP contribution is 2.69. The van der Waals surface area contributed by atoms with E-state index in [1.54, 1.807) is 24.3 Å². The summed E-state index contributed by atoms with van der Waals surface area (Å²) in [5.41, 5.74) is 0.858. The number of carbonyl (C=O) groups excluding carboxylic acids is 1. The molecule has 1 aliphatic heterocycles. The van der Waals surface area contributed by atoms with Crippen LogP contribution in [0.25, 0.3) is 0 Å². The van der Waals surface area contributed by atoms with Crippen LogP contribution in [0.3, 0.4) is 0 Å². The van der Waals surface area contributed by atoms with E-state index in [9.17, 15) is 20.1 Å². The van der Waals surface area contributed by atoms with E-state index in [1.165, 1.54) is 26.4 Å². The first-order valence-electron chi connectivity index (χ1n) is 11.3. The number of amides is 1. The van der Waals surface area contributed by atoms with Gasteiger partial charge < -0.3 is 24.8 Å². The summed E-state index contributed by atoms with van der Waals surface area (Å²) in [7, 11) is 2.78. The molecule has 0 aromatic heterocycles. The first-order valence-corrected chi connectivity index (χ1v) is 11.3. The molecule has 0 spiro atoms. The molecule has 0 radical (unpaired) electrons. The normalized spacial score (nSPS) is 28.7. The third-order valence-electron chi connectivity index (χ3n) is 7.17. The molecule has 35 heavy (non-hydrogen) atoms. The fourth-order valence-electron chi connectivity index (χ4n) is 5.87. The van der Waals surface area contributed by atoms with Crippen molar-refractivity contribution in [3.05, 3.63) is 89.0 Å². The number of hydrogen-bond donors (Lipinski definition) is 4. The molecular weight excluding hydrogens is 450 g/mol. The number of carbonyl (C=O) groups is 1. The van der Waals surface area contributed by atoms with Gasteiger partial charge in [0.15, 0.2) is 11.2 Å². The number of phenolic OH excluding ortho intramolecular Hbond substituents is 1. The maximum absolute atomic E-state index is 13.3. The summed E-state index contributed by atoms with van der Waals surface area (Å²) in [6, 6.07) is 18.9. The molecule has 2 aliphatic rings. The second kappa shape index (κ2) is 8.27. The number of ether oxygens (including phenoxy) is 2. The highest BCUT2D eigenvalue weighted by molar-refractivity contribution is 5.82. The van der Waals surface area contributed by atoms with Crippen LogP contribution in [0.2, 0.25) is 0 Å². The Hall–Kier alpha value is -3.59. The fraction of sp³-hybridized carbons (Fsp3) is 0.296. The lowest BCUT2D eigenvalue weighted by atomic mass is 9.70. The first kappa shape index (κ1) is 23.2. The second-order valence-electron chi connectivity index (χ2n) is 9.02. The number of aliphatic hydroxyl groups excluding tert-OH is 1. The zero-order valence-electron chi connectivity index (χ0n) is 19.6. The van der Waals surface area contributed by atoms with Crippen molar-refractivity contribution in [2.45, 2.75) is 30.1 Å². The number of benzene rings is 3. The number of aryl methyl sites for hydroxylation is 1. The average Bonchev–Trinajstić information content (AvgIpc) is 3.22. The summed E-state index contributed by atoms with van der Waals surface area (Å²) in [5.74, 6) is -1.90. The molecule has 1 fully saturated rings. The van der Waals surface area contributed by atoms with Gasteiger partial charge in [-0.25, -0.2) is 5.48 Å². The monoisotopic (exact) mass is 477 g/mol. The quantitative estimate of drug-likeness (QED) is 0.418. The summed E-state index contributed by atoms with van der Waals surface area (Å²) in [4.78, 5) is 18.2. The minimum absolute atomic E-state index is 0.0288. The van der Waals surface area contributed by atoms with E-state index >= 15 is 0 Å². The number of aliphatic hydroxyl groups is 2. The number of nitrogens with one attached hydrogen (secondary N) is 1. The first-order chi connectivity index (χ1) is 16.8. The molecule has 1 aliphatic carbocycles. The van der Waals surface area contributed by atoms with Gasteiger partial charge in [-0.15, -0.1) is 0 Å². The summed E-state index contributed by atoms with van der Waals surface area (Å²) >= 11 is 0. The molecule has 1 heterocycles. The van der Waals surface area contributed by atoms with Gasteiger partial charge in [0.25, 0.3) is 0 Å². The lowest BCUT2D eigenvalue weighted by Crippen LogP contribution is -2.52. The standard InChI is InChI=1S/C27H27NO7/c1-15-13-19(33-2)23-20(14-15)35-27(17-9-11-18(29)12-10-17)22(16-7-5-4-6-8-16)21(25(31)28-34-3)24(30)26(23,27)32/h4-14,21-22,24,29-30,32H,1-3H3,(H,28,31)/t21-,22-,24-,26+,27+/m0/s1. The van der Waals surface area contributed by atoms with Crippen LogP contribution in [0.1, 0.15) is 28.2 Å². The molecule has 4 N–H and O–H groups in total. The Labute approximate surface area is 202 Å². The Morgan fingerprint density at radius 1 is 1.06 bits per heavy atom. The van der Waals surface area contributed by atoms with E-state index in [1.807, 2.05) is 37.3 Å². The topological polar surface area (TPSA) is 117 Å². The smallest absolute Gasteiger partial charge is 0.250 e. The summed E-state index contributed by atoms with van der Waals surface area (Å²) < 4.78 is 12.3. The SMILES string of the molecule is CONC(=O)[C@@H]1[C@H](O)[C@]2(O)c3c(OC)cc(C)cc3O[C@]2(c2ccc(O)cc2)[C@H]1c1ccccc1. The number of fused-ring (bicyclic) bond motifs is 3. The number of hydroxylamine groups is 1. The highest BCUT2D eigenvalue weighted by atomic mass is 16.6. The number of hydrogen-bond acceptors (Lipinski definition) is 7. The largest absolute Gasteiger partial charge is 0.508 e. The summed E-state index contributed by atoms with van der Waals surface area (Å²) in [6.07, 6.45) is -1.60. The Morgan fingerprint density at radius 3 is 2.37 bits per heavy atom. The third-order valence-corrected chi connectivity index (χ3v) is 7.17. The van der Waals surface area contributed by atoms with Gasteiger partial charge in [0.2, 0.25) is 5.91 Å². The van der Waals surface area contributed by atoms with Crippen molar-refractivity contribution in [2.24, 2.45) is 5.92 Å². The van der Waals surface area contributed by atoms with E-state index in [4.69, 9.17) is 14.3 Å². The lowest BCUT2D eigenvalue weighted by molar-refractivity contribution is -0.157. The Morgan fingerprint density at radius 2 is 1.74 bits per heavy atom. The second-order valence-corrected chi connectivity index (χ2v) is 9.02. The molecule has 8 nitrogen and oxygen atoms in total. The van der Waals surface area contributed by atoms with Gasteiger partial charge in [-0.05, 0) is 47.9 Å². The van der Waals surface area contributed by atoms with Crippen LogP contribution in [0, 0.1) is 12.8 Å². The maximum Gasteiger partial charge on any atom is 0.250 e. The third kappa shape index (κ3) is 3.07. The van der Waals surface area contributed by atoms with Crippen molar-refractivity contribution in [2.75, 3.05) is 14.2 Å². The summed E-state index contributed by atoms with van der Waals surface area (Å²) in [6.45, 7) is 1.87. The van der Waals surface area contributed by atoms with Gasteiger partial charge in [0.05, 0.1) is 25.7 Å². The molecule has 3 aromatic rings. The van der Waals surface area contributed by atoms with Gasteiger partial charge in [0.1, 0.15) is 23.4 Å². The van der Waals surface area contributed by atoms with Crippen molar-refractivity contribution in [3.63, 3.8) is 0 Å². The molecule has 0 bridgehead atoms. The Balaban J connectivity index is 1.88. The zero-order chi connectivity index (χ0) is 25.0. The summed E-state index contributed by atoms with van der Waals surface area (Å²) in [5, 5.41) is 34.4. The molecule has 3 aromatic carbocycles. The van der Waals surface area contributed by atoms with Crippen LogP contribution >= 0.6 is 0 Å². The van der Waals surface area contributed by atoms with E-state index in [-0.39, 0.29) is 11.3 Å². The van der Waals surface area contributed by atoms with E-state index in [0.717, 1.165) is 5.56 Å². The molecular formula is C27H27NO7. The number of rotatable bonds is 5. The highest BCUT2D eigenvalue weighted by Gasteiger charge is 2.78. The molecule has 182 valence electrons. The van der Waals surface area contributed by atoms with Crippen LogP contribution in [-0.2, 0) is 20.8 Å². The number of aromatic hydroxyl groups is 1. The van der Waals surface area contributed by atoms with Gasteiger partial charge in [-0.2, -0.15) is 0 Å². The van der Waals surface area contributed by atoms with Gasteiger partial charge in [0, 0.05) is 5.92 Å². The fourth-order valence-corrected chi connectivity index (χ4v) is 5.87. The van der Waals surface area contributed by atoms with Crippen molar-refractivity contribution < 1.29 is 34.4 Å². The van der Waals surface area contributed by atoms with E-state index in [2.05, 4.69) is 5.48 Å². The molecule has 5 atom stereocenters. The maximum atomic E-state index is 13.3. The predicted molar refractivity (Wildman–Crippen MR) is 126 cm³/mol. The van der Waals surface area contributed by atoms with Crippen molar-refractivity contribution in [3.8, 4) is 17.2 Å². The van der Waals surface area contributed by atoms with Crippen LogP contribution in [0.4, 0.5) is 0 Å². The Kier molecular flexibility index (Phi) is 5.47. The number of methoxy groups -OCH3 is 1. The van der Waals surface area contributed by atoms with Crippen molar-refractivity contribution >= 4 is 5.91 Å². The van der Waals surface area contributed by atoms with E-state index < -0.39 is 35.0 Å². The molecule has 0 saturated heterocycles. The van der Waals surface area contributed by atoms with E-state index in [0.29, 0.717) is 22.6 Å². The van der Waals surface area contributed by atoms with Crippen LogP contribution in [-0.4, -0.2) is 41.6 Å². The molecule has 5 rings (SSSR count). The lowest BCUT2D eigenvalue weighted by Gasteiger charge is -2.40. The average molecular weight is 478 g/mol. The molecule has 8 heteroatoms. The molecule has 1 amide bonds. The minimum Gasteiger partial charge on any atom is -0.508 e. The van der Waals surface area contributed by atoms with Gasteiger partial charge in [-0.3, -0.25) is 9.63 Å². The van der Waals surface area contributed by atoms with Gasteiger partial charge >= 0.3 is 0 Å².